The van der Waals surface area contributed by atoms with E-state index in [4.69, 9.17) is 9.05 Å². The van der Waals surface area contributed by atoms with Gasteiger partial charge in [0, 0.05) is 0 Å². The Morgan fingerprint density at radius 1 is 0.522 bits per heavy atom. The van der Waals surface area contributed by atoms with Gasteiger partial charge in [-0.25, -0.2) is 0 Å². The number of hydrogen-bond acceptors (Lipinski definition) is 4. The molecule has 0 amide bonds. The highest BCUT2D eigenvalue weighted by Gasteiger charge is 2.30. The fourth-order valence-electron chi connectivity index (χ4n) is 6.22. The van der Waals surface area contributed by atoms with Crippen LogP contribution in [0.25, 0.3) is 0 Å². The smallest absolute Gasteiger partial charge is 0.335 e. The minimum absolute atomic E-state index is 0.239. The fourth-order valence-corrected chi connectivity index (χ4v) is 7.92. The van der Waals surface area contributed by atoms with Crippen molar-refractivity contribution in [3.63, 3.8) is 0 Å². The van der Waals surface area contributed by atoms with Crippen LogP contribution in [0.2, 0.25) is 0 Å². The molecule has 0 saturated heterocycles. The van der Waals surface area contributed by atoms with Crippen LogP contribution in [-0.4, -0.2) is 18.3 Å². The van der Waals surface area contributed by atoms with E-state index in [2.05, 4.69) is 55.4 Å². The van der Waals surface area contributed by atoms with Crippen molar-refractivity contribution in [2.75, 3.05) is 13.2 Å². The van der Waals surface area contributed by atoms with Crippen molar-refractivity contribution >= 4 is 7.60 Å². The first-order valence-corrected chi connectivity index (χ1v) is 21.3. The van der Waals surface area contributed by atoms with Crippen molar-refractivity contribution in [3.05, 3.63) is 28.8 Å². The molecule has 0 unspecified atom stereocenters. The molecule has 1 rings (SSSR count). The maximum atomic E-state index is 14.2. The highest BCUT2D eigenvalue weighted by atomic mass is 31.2. The van der Waals surface area contributed by atoms with Gasteiger partial charge in [-0.1, -0.05) is 196 Å². The third-order valence-electron chi connectivity index (χ3n) is 9.23. The summed E-state index contributed by atoms with van der Waals surface area (Å²) in [7, 11) is -3.34. The first-order valence-electron chi connectivity index (χ1n) is 19.6. The predicted octanol–water partition coefficient (Wildman–Crippen LogP) is 14.3. The number of aromatic hydroxyl groups is 1. The number of rotatable bonds is 28. The Hall–Kier alpha value is -0.830. The Morgan fingerprint density at radius 3 is 1.09 bits per heavy atom. The standard InChI is InChI=1S/C41H77O4P/c1-9-11-13-15-17-19-21-23-25-27-29-31-44-46(43,45-32-30-28-26-24-22-20-18-16-14-12-10-2)35-36-33-37(40(3,4)5)39(42)38(34-36)41(6,7)8/h33-34,42H,9-32,35H2,1-8H3. The van der Waals surface area contributed by atoms with Gasteiger partial charge in [0.25, 0.3) is 0 Å². The Morgan fingerprint density at radius 2 is 0.804 bits per heavy atom. The Labute approximate surface area is 287 Å². The van der Waals surface area contributed by atoms with E-state index < -0.39 is 7.60 Å². The summed E-state index contributed by atoms with van der Waals surface area (Å²) in [6, 6.07) is 4.04. The summed E-state index contributed by atoms with van der Waals surface area (Å²) in [5, 5.41) is 11.2. The van der Waals surface area contributed by atoms with E-state index in [9.17, 15) is 9.67 Å². The molecular formula is C41H77O4P. The largest absolute Gasteiger partial charge is 0.507 e. The van der Waals surface area contributed by atoms with Crippen molar-refractivity contribution in [2.45, 2.75) is 214 Å². The normalized spacial score (nSPS) is 12.7. The van der Waals surface area contributed by atoms with Crippen LogP contribution in [0.15, 0.2) is 12.1 Å². The molecule has 270 valence electrons. The van der Waals surface area contributed by atoms with Crippen LogP contribution in [0.5, 0.6) is 5.75 Å². The van der Waals surface area contributed by atoms with Crippen LogP contribution in [0.3, 0.4) is 0 Å². The third-order valence-corrected chi connectivity index (χ3v) is 11.1. The second kappa shape index (κ2) is 24.3. The van der Waals surface area contributed by atoms with Crippen molar-refractivity contribution in [3.8, 4) is 5.75 Å². The Bertz CT molecular complexity index is 876. The van der Waals surface area contributed by atoms with E-state index in [1.807, 2.05) is 12.1 Å². The molecule has 1 aromatic rings. The first-order chi connectivity index (χ1) is 21.8. The summed E-state index contributed by atoms with van der Waals surface area (Å²) < 4.78 is 26.6. The Balaban J connectivity index is 2.70. The highest BCUT2D eigenvalue weighted by molar-refractivity contribution is 7.53. The maximum absolute atomic E-state index is 14.2. The molecule has 0 aromatic heterocycles. The van der Waals surface area contributed by atoms with Crippen molar-refractivity contribution in [1.29, 1.82) is 0 Å². The molecule has 0 aliphatic rings. The minimum Gasteiger partial charge on any atom is -0.507 e. The van der Waals surface area contributed by atoms with E-state index in [1.165, 1.54) is 116 Å². The molecule has 5 heteroatoms. The van der Waals surface area contributed by atoms with Crippen molar-refractivity contribution in [1.82, 2.24) is 0 Å². The van der Waals surface area contributed by atoms with E-state index in [-0.39, 0.29) is 17.0 Å². The first kappa shape index (κ1) is 43.2. The SMILES string of the molecule is CCCCCCCCCCCCCOP(=O)(Cc1cc(C(C)(C)C)c(O)c(C(C)(C)C)c1)OCCCCCCCCCCCCC. The van der Waals surface area contributed by atoms with Gasteiger partial charge < -0.3 is 14.2 Å². The zero-order valence-corrected chi connectivity index (χ0v) is 32.8. The summed E-state index contributed by atoms with van der Waals surface area (Å²) in [6.07, 6.45) is 28.2. The lowest BCUT2D eigenvalue weighted by Gasteiger charge is -2.29. The zero-order chi connectivity index (χ0) is 34.3. The molecular weight excluding hydrogens is 587 g/mol. The number of unbranched alkanes of at least 4 members (excludes halogenated alkanes) is 20. The van der Waals surface area contributed by atoms with Crippen LogP contribution in [0.4, 0.5) is 0 Å². The number of phenols is 1. The molecule has 0 aliphatic heterocycles. The summed E-state index contributed by atoms with van der Waals surface area (Å²) in [5.41, 5.74) is 2.22. The Kier molecular flexibility index (Phi) is 22.8. The lowest BCUT2D eigenvalue weighted by molar-refractivity contribution is 0.196. The van der Waals surface area contributed by atoms with Crippen molar-refractivity contribution in [2.24, 2.45) is 0 Å². The molecule has 46 heavy (non-hydrogen) atoms. The van der Waals surface area contributed by atoms with Gasteiger partial charge in [-0.05, 0) is 40.4 Å². The van der Waals surface area contributed by atoms with Gasteiger partial charge in [-0.2, -0.15) is 0 Å². The molecule has 0 spiro atoms. The van der Waals surface area contributed by atoms with Gasteiger partial charge in [0.2, 0.25) is 0 Å². The molecule has 0 saturated carbocycles. The van der Waals surface area contributed by atoms with E-state index in [0.717, 1.165) is 42.4 Å². The molecule has 1 N–H and O–H groups in total. The average molecular weight is 665 g/mol. The van der Waals surface area contributed by atoms with Gasteiger partial charge >= 0.3 is 7.60 Å². The van der Waals surface area contributed by atoms with Crippen LogP contribution >= 0.6 is 7.60 Å². The lowest BCUT2D eigenvalue weighted by Crippen LogP contribution is -2.18. The van der Waals surface area contributed by atoms with Crippen LogP contribution in [0, 0.1) is 0 Å². The topological polar surface area (TPSA) is 55.8 Å². The van der Waals surface area contributed by atoms with Crippen LogP contribution < -0.4 is 0 Å². The number of benzene rings is 1. The number of phenolic OH excluding ortho intramolecular Hbond substituents is 1. The van der Waals surface area contributed by atoms with Gasteiger partial charge in [-0.15, -0.1) is 0 Å². The fraction of sp³-hybridized carbons (Fsp3) is 0.854. The molecule has 4 nitrogen and oxygen atoms in total. The predicted molar refractivity (Wildman–Crippen MR) is 202 cm³/mol. The van der Waals surface area contributed by atoms with Crippen LogP contribution in [0.1, 0.15) is 213 Å². The molecule has 0 aliphatic carbocycles. The molecule has 0 fully saturated rings. The summed E-state index contributed by atoms with van der Waals surface area (Å²) in [5.74, 6) is 0.349. The van der Waals surface area contributed by atoms with Crippen LogP contribution in [-0.2, 0) is 30.6 Å². The van der Waals surface area contributed by atoms with E-state index in [0.29, 0.717) is 19.0 Å². The highest BCUT2D eigenvalue weighted by Crippen LogP contribution is 2.53. The number of hydrogen-bond donors (Lipinski definition) is 1. The van der Waals surface area contributed by atoms with E-state index >= 15 is 0 Å². The molecule has 0 bridgehead atoms. The van der Waals surface area contributed by atoms with E-state index in [1.54, 1.807) is 0 Å². The van der Waals surface area contributed by atoms with Gasteiger partial charge in [0.1, 0.15) is 5.75 Å². The quantitative estimate of drug-likeness (QED) is 0.0715. The maximum Gasteiger partial charge on any atom is 0.335 e. The third kappa shape index (κ3) is 19.9. The van der Waals surface area contributed by atoms with Crippen molar-refractivity contribution < 1.29 is 18.7 Å². The minimum atomic E-state index is -3.34. The molecule has 1 aromatic carbocycles. The summed E-state index contributed by atoms with van der Waals surface area (Å²) >= 11 is 0. The zero-order valence-electron chi connectivity index (χ0n) is 32.0. The second-order valence-electron chi connectivity index (χ2n) is 16.0. The summed E-state index contributed by atoms with van der Waals surface area (Å²) in [4.78, 5) is 0. The molecule has 0 heterocycles. The van der Waals surface area contributed by atoms with Gasteiger partial charge in [-0.3, -0.25) is 4.57 Å². The molecule has 0 atom stereocenters. The van der Waals surface area contributed by atoms with Gasteiger partial charge in [0.05, 0.1) is 19.4 Å². The molecule has 0 radical (unpaired) electrons. The monoisotopic (exact) mass is 665 g/mol. The summed E-state index contributed by atoms with van der Waals surface area (Å²) in [6.45, 7) is 18.2. The second-order valence-corrected chi connectivity index (χ2v) is 18.1. The lowest BCUT2D eigenvalue weighted by atomic mass is 9.78. The van der Waals surface area contributed by atoms with Gasteiger partial charge in [0.15, 0.2) is 0 Å². The average Bonchev–Trinajstić information content (AvgIpc) is 2.98.